The molecule has 2 aliphatic heterocycles. The topological polar surface area (TPSA) is 41.5 Å². The summed E-state index contributed by atoms with van der Waals surface area (Å²) in [6.45, 7) is 6.40. The molecule has 2 aliphatic rings. The predicted octanol–water partition coefficient (Wildman–Crippen LogP) is 3.22. The van der Waals surface area contributed by atoms with Gasteiger partial charge < -0.3 is 14.5 Å². The lowest BCUT2D eigenvalue weighted by molar-refractivity contribution is 0.0265. The number of piperidine rings is 1. The zero-order valence-electron chi connectivity index (χ0n) is 15.4. The highest BCUT2D eigenvalue weighted by atomic mass is 16.5. The number of hydrogen-bond acceptors (Lipinski definition) is 5. The Labute approximate surface area is 156 Å². The normalized spacial score (nSPS) is 19.2. The van der Waals surface area contributed by atoms with Crippen molar-refractivity contribution in [1.82, 2.24) is 14.9 Å². The zero-order chi connectivity index (χ0) is 17.6. The molecule has 2 saturated heterocycles. The van der Waals surface area contributed by atoms with Crippen molar-refractivity contribution < 1.29 is 4.74 Å². The number of ether oxygens (including phenoxy) is 1. The molecular formula is C21H28N4O. The maximum absolute atomic E-state index is 6.14. The molecule has 26 heavy (non-hydrogen) atoms. The number of benzene rings is 1. The van der Waals surface area contributed by atoms with Crippen molar-refractivity contribution in [3.63, 3.8) is 0 Å². The van der Waals surface area contributed by atoms with Gasteiger partial charge in [0.1, 0.15) is 5.69 Å². The van der Waals surface area contributed by atoms with E-state index in [1.54, 1.807) is 12.4 Å². The number of aromatic nitrogens is 2. The van der Waals surface area contributed by atoms with Crippen LogP contribution in [0.3, 0.4) is 0 Å². The molecular weight excluding hydrogens is 324 g/mol. The lowest BCUT2D eigenvalue weighted by Gasteiger charge is -2.33. The Hall–Kier alpha value is -1.98. The summed E-state index contributed by atoms with van der Waals surface area (Å²) in [5.74, 6) is 0.995. The fraction of sp³-hybridized carbons (Fsp3) is 0.524. The molecule has 0 N–H and O–H groups in total. The maximum Gasteiger partial charge on any atom is 0.155 e. The van der Waals surface area contributed by atoms with Gasteiger partial charge in [-0.05, 0) is 38.8 Å². The van der Waals surface area contributed by atoms with E-state index in [4.69, 9.17) is 4.74 Å². The summed E-state index contributed by atoms with van der Waals surface area (Å²) < 4.78 is 6.14. The largest absolute Gasteiger partial charge is 0.377 e. The van der Waals surface area contributed by atoms with E-state index in [1.165, 1.54) is 25.9 Å². The van der Waals surface area contributed by atoms with Crippen LogP contribution in [0.5, 0.6) is 0 Å². The van der Waals surface area contributed by atoms with Crippen LogP contribution >= 0.6 is 0 Å². The molecule has 0 radical (unpaired) electrons. The zero-order valence-corrected chi connectivity index (χ0v) is 15.4. The van der Waals surface area contributed by atoms with Crippen molar-refractivity contribution in [1.29, 1.82) is 0 Å². The summed E-state index contributed by atoms with van der Waals surface area (Å²) in [5, 5.41) is 0. The summed E-state index contributed by atoms with van der Waals surface area (Å²) in [7, 11) is 0. The fourth-order valence-electron chi connectivity index (χ4n) is 3.95. The molecule has 0 bridgehead atoms. The van der Waals surface area contributed by atoms with E-state index in [-0.39, 0.29) is 0 Å². The van der Waals surface area contributed by atoms with Crippen molar-refractivity contribution >= 4 is 5.82 Å². The molecule has 0 spiro atoms. The van der Waals surface area contributed by atoms with Gasteiger partial charge in [-0.3, -0.25) is 4.98 Å². The molecule has 0 aliphatic carbocycles. The van der Waals surface area contributed by atoms with Crippen LogP contribution in [-0.2, 0) is 4.74 Å². The van der Waals surface area contributed by atoms with E-state index in [0.29, 0.717) is 6.10 Å². The van der Waals surface area contributed by atoms with Crippen LogP contribution in [0.4, 0.5) is 5.82 Å². The molecule has 5 heteroatoms. The Kier molecular flexibility index (Phi) is 5.77. The van der Waals surface area contributed by atoms with Gasteiger partial charge >= 0.3 is 0 Å². The summed E-state index contributed by atoms with van der Waals surface area (Å²) >= 11 is 0. The molecule has 3 heterocycles. The van der Waals surface area contributed by atoms with E-state index in [1.807, 2.05) is 18.2 Å². The quantitative estimate of drug-likeness (QED) is 0.798. The Morgan fingerprint density at radius 2 is 1.65 bits per heavy atom. The van der Waals surface area contributed by atoms with Crippen molar-refractivity contribution in [2.24, 2.45) is 0 Å². The van der Waals surface area contributed by atoms with E-state index in [2.05, 4.69) is 31.9 Å². The smallest absolute Gasteiger partial charge is 0.155 e. The molecule has 2 aromatic rings. The van der Waals surface area contributed by atoms with Gasteiger partial charge in [0.15, 0.2) is 5.82 Å². The number of hydrogen-bond donors (Lipinski definition) is 0. The molecule has 0 saturated carbocycles. The number of rotatable bonds is 6. The summed E-state index contributed by atoms with van der Waals surface area (Å²) in [5.41, 5.74) is 2.10. The van der Waals surface area contributed by atoms with Gasteiger partial charge in [-0.2, -0.15) is 0 Å². The third kappa shape index (κ3) is 4.22. The summed E-state index contributed by atoms with van der Waals surface area (Å²) in [4.78, 5) is 14.1. The van der Waals surface area contributed by atoms with Crippen LogP contribution in [0, 0.1) is 0 Å². The first-order chi connectivity index (χ1) is 12.9. The molecule has 4 rings (SSSR count). The second kappa shape index (κ2) is 8.60. The van der Waals surface area contributed by atoms with E-state index in [0.717, 1.165) is 56.2 Å². The second-order valence-corrected chi connectivity index (χ2v) is 7.20. The Morgan fingerprint density at radius 3 is 2.42 bits per heavy atom. The average Bonchev–Trinajstić information content (AvgIpc) is 3.23. The number of anilines is 1. The second-order valence-electron chi connectivity index (χ2n) is 7.20. The third-order valence-corrected chi connectivity index (χ3v) is 5.43. The predicted molar refractivity (Wildman–Crippen MR) is 104 cm³/mol. The van der Waals surface area contributed by atoms with Crippen LogP contribution in [-0.4, -0.2) is 60.3 Å². The van der Waals surface area contributed by atoms with Gasteiger partial charge in [0.2, 0.25) is 0 Å². The minimum absolute atomic E-state index is 0.380. The van der Waals surface area contributed by atoms with Crippen LogP contribution < -0.4 is 4.90 Å². The highest BCUT2D eigenvalue weighted by Gasteiger charge is 2.23. The lowest BCUT2D eigenvalue weighted by Crippen LogP contribution is -2.38. The molecule has 1 aromatic carbocycles. The molecule has 1 aromatic heterocycles. The Morgan fingerprint density at radius 1 is 0.923 bits per heavy atom. The molecule has 0 amide bonds. The first-order valence-electron chi connectivity index (χ1n) is 9.85. The van der Waals surface area contributed by atoms with Crippen LogP contribution in [0.15, 0.2) is 42.7 Å². The standard InChI is InChI=1S/C21H28N4O/c1-2-6-18(7-3-1)20-21(23-11-10-22-20)25-14-8-19(9-15-25)26-17-16-24-12-4-5-13-24/h1-3,6-7,10-11,19H,4-5,8-9,12-17H2. The first-order valence-corrected chi connectivity index (χ1v) is 9.85. The summed E-state index contributed by atoms with van der Waals surface area (Å²) in [6, 6.07) is 10.3. The van der Waals surface area contributed by atoms with Gasteiger partial charge in [-0.1, -0.05) is 30.3 Å². The molecule has 0 atom stereocenters. The van der Waals surface area contributed by atoms with E-state index in [9.17, 15) is 0 Å². The average molecular weight is 352 g/mol. The van der Waals surface area contributed by atoms with Crippen molar-refractivity contribution in [3.05, 3.63) is 42.7 Å². The minimum atomic E-state index is 0.380. The summed E-state index contributed by atoms with van der Waals surface area (Å²) in [6.07, 6.45) is 8.77. The van der Waals surface area contributed by atoms with Crippen molar-refractivity contribution in [2.45, 2.75) is 31.8 Å². The van der Waals surface area contributed by atoms with Crippen LogP contribution in [0.2, 0.25) is 0 Å². The SMILES string of the molecule is c1ccc(-c2nccnc2N2CCC(OCCN3CCCC3)CC2)cc1. The van der Waals surface area contributed by atoms with Gasteiger partial charge in [0, 0.05) is 37.6 Å². The van der Waals surface area contributed by atoms with Gasteiger partial charge in [0.05, 0.1) is 12.7 Å². The minimum Gasteiger partial charge on any atom is -0.377 e. The van der Waals surface area contributed by atoms with Crippen LogP contribution in [0.1, 0.15) is 25.7 Å². The Balaban J connectivity index is 1.32. The van der Waals surface area contributed by atoms with E-state index < -0.39 is 0 Å². The fourth-order valence-corrected chi connectivity index (χ4v) is 3.95. The molecule has 0 unspecified atom stereocenters. The molecule has 2 fully saturated rings. The van der Waals surface area contributed by atoms with Crippen LogP contribution in [0.25, 0.3) is 11.3 Å². The van der Waals surface area contributed by atoms with Crippen molar-refractivity contribution in [3.8, 4) is 11.3 Å². The van der Waals surface area contributed by atoms with Gasteiger partial charge in [0.25, 0.3) is 0 Å². The number of likely N-dealkylation sites (tertiary alicyclic amines) is 1. The first kappa shape index (κ1) is 17.4. The highest BCUT2D eigenvalue weighted by Crippen LogP contribution is 2.28. The highest BCUT2D eigenvalue weighted by molar-refractivity contribution is 5.71. The molecule has 138 valence electrons. The Bertz CT molecular complexity index is 679. The third-order valence-electron chi connectivity index (χ3n) is 5.43. The van der Waals surface area contributed by atoms with Gasteiger partial charge in [-0.25, -0.2) is 4.98 Å². The maximum atomic E-state index is 6.14. The lowest BCUT2D eigenvalue weighted by atomic mass is 10.1. The van der Waals surface area contributed by atoms with Gasteiger partial charge in [-0.15, -0.1) is 0 Å². The molecule has 5 nitrogen and oxygen atoms in total. The van der Waals surface area contributed by atoms with E-state index >= 15 is 0 Å². The number of nitrogens with zero attached hydrogens (tertiary/aromatic N) is 4. The van der Waals surface area contributed by atoms with Crippen molar-refractivity contribution in [2.75, 3.05) is 44.2 Å². The monoisotopic (exact) mass is 352 g/mol.